The van der Waals surface area contributed by atoms with Gasteiger partial charge in [0.15, 0.2) is 0 Å². The van der Waals surface area contributed by atoms with Gasteiger partial charge in [-0.2, -0.15) is 13.2 Å². The zero-order valence-corrected chi connectivity index (χ0v) is 19.7. The molecule has 0 radical (unpaired) electrons. The Hall–Kier alpha value is -5.28. The Kier molecular flexibility index (Phi) is 9.45. The number of hydrogen-bond donors (Lipinski definition) is 7. The molecule has 13 nitrogen and oxygen atoms in total. The van der Waals surface area contributed by atoms with E-state index in [0.717, 1.165) is 17.7 Å². The first-order chi connectivity index (χ1) is 18.1. The minimum atomic E-state index is -5.19. The number of pyridine rings is 2. The molecule has 0 saturated heterocycles. The number of guanidine groups is 1. The molecular weight excluding hydrogens is 531 g/mol. The molecule has 1 unspecified atom stereocenters. The molecule has 1 amide bonds. The van der Waals surface area contributed by atoms with E-state index in [9.17, 15) is 42.9 Å². The van der Waals surface area contributed by atoms with Crippen LogP contribution in [0.15, 0.2) is 53.5 Å². The second-order valence-electron chi connectivity index (χ2n) is 7.92. The maximum Gasteiger partial charge on any atom is 0.430 e. The Balaban J connectivity index is 0.000000673. The number of fused-ring (bicyclic) bond motifs is 1. The number of phenols is 2. The number of nitrogens with two attached hydrogens (primary N) is 2. The maximum atomic E-state index is 12.8. The molecule has 0 saturated carbocycles. The number of phenolic OH excluding ortho intramolecular Hbond substituents is 2. The van der Waals surface area contributed by atoms with E-state index < -0.39 is 42.0 Å². The quantitative estimate of drug-likeness (QED) is 0.123. The number of rotatable bonds is 7. The molecule has 16 heteroatoms. The third-order valence-corrected chi connectivity index (χ3v) is 4.86. The van der Waals surface area contributed by atoms with Gasteiger partial charge < -0.3 is 30.5 Å². The summed E-state index contributed by atoms with van der Waals surface area (Å²) >= 11 is 0. The van der Waals surface area contributed by atoms with Crippen LogP contribution in [0.1, 0.15) is 33.9 Å². The van der Waals surface area contributed by atoms with Crippen molar-refractivity contribution in [2.75, 3.05) is 0 Å². The number of hydrogen-bond acceptors (Lipinski definition) is 7. The Bertz CT molecular complexity index is 1460. The van der Waals surface area contributed by atoms with Gasteiger partial charge in [-0.25, -0.2) is 0 Å². The lowest BCUT2D eigenvalue weighted by Crippen LogP contribution is -2.76. The van der Waals surface area contributed by atoms with E-state index in [0.29, 0.717) is 12.1 Å². The van der Waals surface area contributed by atoms with Crippen molar-refractivity contribution in [1.29, 1.82) is 0 Å². The zero-order valence-electron chi connectivity index (χ0n) is 19.7. The zero-order chi connectivity index (χ0) is 29.5. The lowest BCUT2D eigenvalue weighted by atomic mass is 10.0. The third kappa shape index (κ3) is 8.96. The van der Waals surface area contributed by atoms with E-state index in [1.807, 2.05) is 0 Å². The van der Waals surface area contributed by atoms with Gasteiger partial charge in [0.05, 0.1) is 19.0 Å². The summed E-state index contributed by atoms with van der Waals surface area (Å²) in [5, 5.41) is 39.9. The van der Waals surface area contributed by atoms with Crippen LogP contribution in [0, 0.1) is 0 Å². The summed E-state index contributed by atoms with van der Waals surface area (Å²) in [5.74, 6) is -5.42. The predicted octanol–water partition coefficient (Wildman–Crippen LogP) is -2.19. The number of carboxylic acids is 2. The largest absolute Gasteiger partial charge is 0.542 e. The van der Waals surface area contributed by atoms with Crippen molar-refractivity contribution in [2.24, 2.45) is 11.5 Å². The van der Waals surface area contributed by atoms with Crippen molar-refractivity contribution in [3.8, 4) is 11.5 Å². The molecule has 0 spiro atoms. The molecule has 0 bridgehead atoms. The van der Waals surface area contributed by atoms with Crippen molar-refractivity contribution in [3.63, 3.8) is 0 Å². The highest BCUT2D eigenvalue weighted by molar-refractivity contribution is 5.95. The van der Waals surface area contributed by atoms with Crippen LogP contribution in [-0.2, 0) is 16.1 Å². The van der Waals surface area contributed by atoms with Crippen LogP contribution in [0.25, 0.3) is 5.52 Å². The SMILES string of the molecule is NC(N)=[NH+]Cc1ccc2cc(C(=O)NC(CC(=O)O)c3cc(O)cc(O)c3)cc(=O)n2c1.O=C([O-])C(F)(F)F. The van der Waals surface area contributed by atoms with E-state index in [1.165, 1.54) is 22.6 Å². The molecule has 2 aromatic heterocycles. The standard InChI is InChI=1S/C21H21N5O6.C2HF3O2/c22-21(23)24-9-11-1-2-14-3-13(6-18(29)26(14)10-11)20(32)25-17(8-19(30)31)12-4-15(27)7-16(28)5-12;3-2(4,5)1(6)7/h1-7,10,17,27-28H,8-9H2,(H,25,32)(H,30,31)(H4,22,23,24);(H,6,7). The van der Waals surface area contributed by atoms with E-state index >= 15 is 0 Å². The highest BCUT2D eigenvalue weighted by Crippen LogP contribution is 2.27. The Morgan fingerprint density at radius 3 is 2.15 bits per heavy atom. The highest BCUT2D eigenvalue weighted by Gasteiger charge is 2.28. The van der Waals surface area contributed by atoms with Gasteiger partial charge >= 0.3 is 18.1 Å². The van der Waals surface area contributed by atoms with Crippen LogP contribution in [-0.4, -0.2) is 49.7 Å². The number of aromatic nitrogens is 1. The van der Waals surface area contributed by atoms with Crippen molar-refractivity contribution >= 4 is 29.3 Å². The summed E-state index contributed by atoms with van der Waals surface area (Å²) in [6.07, 6.45) is -4.11. The minimum Gasteiger partial charge on any atom is -0.542 e. The number of nitrogens with zero attached hydrogens (tertiary/aromatic N) is 1. The summed E-state index contributed by atoms with van der Waals surface area (Å²) in [4.78, 5) is 48.2. The monoisotopic (exact) mass is 553 g/mol. The fourth-order valence-electron chi connectivity index (χ4n) is 3.20. The molecule has 0 aliphatic rings. The van der Waals surface area contributed by atoms with Crippen molar-refractivity contribution in [1.82, 2.24) is 9.72 Å². The topological polar surface area (TPSA) is 234 Å². The summed E-state index contributed by atoms with van der Waals surface area (Å²) < 4.78 is 32.9. The van der Waals surface area contributed by atoms with Gasteiger partial charge in [0.25, 0.3) is 11.5 Å². The van der Waals surface area contributed by atoms with Crippen LogP contribution in [0.4, 0.5) is 13.2 Å². The minimum absolute atomic E-state index is 0.0279. The van der Waals surface area contributed by atoms with Gasteiger partial charge in [0.2, 0.25) is 0 Å². The molecule has 3 rings (SSSR count). The smallest absolute Gasteiger partial charge is 0.430 e. The number of halogens is 3. The van der Waals surface area contributed by atoms with Crippen LogP contribution in [0.3, 0.4) is 0 Å². The lowest BCUT2D eigenvalue weighted by Gasteiger charge is -2.18. The van der Waals surface area contributed by atoms with E-state index in [2.05, 4.69) is 10.3 Å². The average molecular weight is 553 g/mol. The summed E-state index contributed by atoms with van der Waals surface area (Å²) in [5.41, 5.74) is 11.7. The average Bonchev–Trinajstić information content (AvgIpc) is 2.81. The number of carboxylic acid groups (broad SMARTS) is 2. The van der Waals surface area contributed by atoms with Crippen LogP contribution >= 0.6 is 0 Å². The number of nitrogens with one attached hydrogen (secondary N) is 2. The fraction of sp³-hybridized carbons (Fsp3) is 0.174. The van der Waals surface area contributed by atoms with E-state index in [1.54, 1.807) is 18.3 Å². The normalized spacial score (nSPS) is 11.6. The van der Waals surface area contributed by atoms with Gasteiger partial charge in [-0.3, -0.25) is 35.2 Å². The molecule has 0 aliphatic heterocycles. The van der Waals surface area contributed by atoms with Gasteiger partial charge in [-0.1, -0.05) is 6.07 Å². The summed E-state index contributed by atoms with van der Waals surface area (Å²) in [7, 11) is 0. The van der Waals surface area contributed by atoms with Gasteiger partial charge in [-0.15, -0.1) is 0 Å². The molecule has 9 N–H and O–H groups in total. The van der Waals surface area contributed by atoms with E-state index in [4.69, 9.17) is 21.4 Å². The van der Waals surface area contributed by atoms with Crippen molar-refractivity contribution in [2.45, 2.75) is 25.2 Å². The number of carbonyl (C=O) groups excluding carboxylic acids is 2. The summed E-state index contributed by atoms with van der Waals surface area (Å²) in [6, 6.07) is 8.49. The third-order valence-electron chi connectivity index (χ3n) is 4.86. The number of aromatic hydroxyl groups is 2. The maximum absolute atomic E-state index is 12.8. The number of amides is 1. The molecule has 0 fully saturated rings. The summed E-state index contributed by atoms with van der Waals surface area (Å²) in [6.45, 7) is 0.306. The van der Waals surface area contributed by atoms with Crippen LogP contribution in [0.5, 0.6) is 11.5 Å². The van der Waals surface area contributed by atoms with Crippen LogP contribution < -0.4 is 32.4 Å². The van der Waals surface area contributed by atoms with Crippen molar-refractivity contribution < 1.29 is 53.0 Å². The Morgan fingerprint density at radius 2 is 1.64 bits per heavy atom. The van der Waals surface area contributed by atoms with Crippen molar-refractivity contribution in [3.05, 3.63) is 75.7 Å². The molecule has 208 valence electrons. The first-order valence-corrected chi connectivity index (χ1v) is 10.7. The molecule has 3 aromatic rings. The predicted molar refractivity (Wildman–Crippen MR) is 125 cm³/mol. The first-order valence-electron chi connectivity index (χ1n) is 10.7. The van der Waals surface area contributed by atoms with Crippen LogP contribution in [0.2, 0.25) is 0 Å². The number of aliphatic carboxylic acids is 2. The molecule has 1 atom stereocenters. The van der Waals surface area contributed by atoms with E-state index in [-0.39, 0.29) is 28.6 Å². The van der Waals surface area contributed by atoms with Gasteiger partial charge in [0.1, 0.15) is 17.5 Å². The molecule has 1 aromatic carbocycles. The molecular formula is C23H22F3N5O8. The second kappa shape index (κ2) is 12.3. The number of carbonyl (C=O) groups is 3. The molecule has 0 aliphatic carbocycles. The van der Waals surface area contributed by atoms with Gasteiger partial charge in [0, 0.05) is 35.0 Å². The first kappa shape index (κ1) is 29.9. The fourth-order valence-corrected chi connectivity index (χ4v) is 3.20. The lowest BCUT2D eigenvalue weighted by molar-refractivity contribution is -0.477. The Morgan fingerprint density at radius 1 is 1.05 bits per heavy atom. The number of benzene rings is 1. The van der Waals surface area contributed by atoms with Gasteiger partial charge in [-0.05, 0) is 29.8 Å². The molecule has 39 heavy (non-hydrogen) atoms. The number of alkyl halides is 3. The highest BCUT2D eigenvalue weighted by atomic mass is 19.4. The molecule has 2 heterocycles. The Labute approximate surface area is 216 Å². The second-order valence-corrected chi connectivity index (χ2v) is 7.92.